The lowest BCUT2D eigenvalue weighted by atomic mass is 10.2. The number of nitrogens with zero attached hydrogens (tertiary/aromatic N) is 1. The van der Waals surface area contributed by atoms with E-state index in [-0.39, 0.29) is 5.91 Å². The third-order valence-corrected chi connectivity index (χ3v) is 2.65. The number of rotatable bonds is 3. The predicted octanol–water partition coefficient (Wildman–Crippen LogP) is 2.36. The highest BCUT2D eigenvalue weighted by Gasteiger charge is 2.11. The molecule has 1 amide bonds. The largest absolute Gasteiger partial charge is 0.340 e. The van der Waals surface area contributed by atoms with E-state index in [0.29, 0.717) is 0 Å². The van der Waals surface area contributed by atoms with E-state index in [0.717, 1.165) is 25.9 Å². The Morgan fingerprint density at radius 3 is 2.31 bits per heavy atom. The average Bonchev–Trinajstić information content (AvgIpc) is 2.59. The van der Waals surface area contributed by atoms with Gasteiger partial charge >= 0.3 is 0 Å². The van der Waals surface area contributed by atoms with Crippen LogP contribution in [0.25, 0.3) is 0 Å². The van der Waals surface area contributed by atoms with Gasteiger partial charge < -0.3 is 4.90 Å². The Bertz CT molecular complexity index is 196. The minimum atomic E-state index is 0.196. The third kappa shape index (κ3) is 2.87. The van der Waals surface area contributed by atoms with Gasteiger partial charge in [-0.05, 0) is 39.5 Å². The number of allylic oxidation sites excluding steroid dienone is 1. The summed E-state index contributed by atoms with van der Waals surface area (Å²) in [6, 6.07) is 0. The maximum Gasteiger partial charge on any atom is 0.246 e. The molecule has 2 heteroatoms. The Morgan fingerprint density at radius 1 is 1.31 bits per heavy atom. The fraction of sp³-hybridized carbons (Fsp3) is 0.727. The molecular weight excluding hydrogens is 162 g/mol. The number of hydrogen-bond acceptors (Lipinski definition) is 1. The summed E-state index contributed by atoms with van der Waals surface area (Å²) in [5.74, 6) is 0.196. The van der Waals surface area contributed by atoms with Crippen LogP contribution < -0.4 is 0 Å². The summed E-state index contributed by atoms with van der Waals surface area (Å²) >= 11 is 0. The van der Waals surface area contributed by atoms with Crippen LogP contribution in [0, 0.1) is 0 Å². The van der Waals surface area contributed by atoms with E-state index in [1.54, 1.807) is 0 Å². The first kappa shape index (κ1) is 10.3. The molecule has 0 spiro atoms. The van der Waals surface area contributed by atoms with Gasteiger partial charge in [-0.25, -0.2) is 0 Å². The topological polar surface area (TPSA) is 20.3 Å². The van der Waals surface area contributed by atoms with E-state index in [9.17, 15) is 4.79 Å². The second-order valence-electron chi connectivity index (χ2n) is 3.52. The Morgan fingerprint density at radius 2 is 1.85 bits per heavy atom. The summed E-state index contributed by atoms with van der Waals surface area (Å²) in [5.41, 5.74) is 1.34. The molecule has 0 unspecified atom stereocenters. The van der Waals surface area contributed by atoms with E-state index in [4.69, 9.17) is 0 Å². The lowest BCUT2D eigenvalue weighted by Crippen LogP contribution is -2.28. The van der Waals surface area contributed by atoms with Crippen LogP contribution in [0.1, 0.15) is 39.5 Å². The Labute approximate surface area is 80.6 Å². The van der Waals surface area contributed by atoms with Gasteiger partial charge in [-0.2, -0.15) is 0 Å². The van der Waals surface area contributed by atoms with E-state index in [1.807, 2.05) is 24.8 Å². The number of amides is 1. The van der Waals surface area contributed by atoms with E-state index >= 15 is 0 Å². The van der Waals surface area contributed by atoms with Crippen LogP contribution in [-0.2, 0) is 4.79 Å². The molecule has 0 aromatic carbocycles. The fourth-order valence-electron chi connectivity index (χ4n) is 1.77. The molecule has 0 heterocycles. The van der Waals surface area contributed by atoms with Crippen LogP contribution >= 0.6 is 0 Å². The summed E-state index contributed by atoms with van der Waals surface area (Å²) < 4.78 is 0. The van der Waals surface area contributed by atoms with E-state index < -0.39 is 0 Å². The molecule has 1 aliphatic rings. The van der Waals surface area contributed by atoms with Crippen molar-refractivity contribution in [2.75, 3.05) is 13.1 Å². The molecule has 1 rings (SSSR count). The smallest absolute Gasteiger partial charge is 0.246 e. The van der Waals surface area contributed by atoms with Crippen molar-refractivity contribution in [1.29, 1.82) is 0 Å². The first-order valence-electron chi connectivity index (χ1n) is 5.26. The Kier molecular flexibility index (Phi) is 4.00. The Balaban J connectivity index is 2.51. The monoisotopic (exact) mass is 181 g/mol. The minimum absolute atomic E-state index is 0.196. The molecule has 0 bridgehead atoms. The quantitative estimate of drug-likeness (QED) is 0.612. The van der Waals surface area contributed by atoms with Crippen molar-refractivity contribution in [2.24, 2.45) is 0 Å². The molecule has 2 nitrogen and oxygen atoms in total. The highest BCUT2D eigenvalue weighted by Crippen LogP contribution is 2.23. The van der Waals surface area contributed by atoms with Crippen molar-refractivity contribution in [3.05, 3.63) is 11.6 Å². The number of hydrogen-bond donors (Lipinski definition) is 0. The predicted molar refractivity (Wildman–Crippen MR) is 54.5 cm³/mol. The highest BCUT2D eigenvalue weighted by molar-refractivity contribution is 5.88. The summed E-state index contributed by atoms with van der Waals surface area (Å²) in [6.45, 7) is 5.68. The van der Waals surface area contributed by atoms with Crippen LogP contribution in [0.4, 0.5) is 0 Å². The van der Waals surface area contributed by atoms with E-state index in [2.05, 4.69) is 0 Å². The van der Waals surface area contributed by atoms with Gasteiger partial charge in [-0.1, -0.05) is 5.57 Å². The SMILES string of the molecule is CCN(CC)C(=O)C=C1CCCC1. The summed E-state index contributed by atoms with van der Waals surface area (Å²) in [4.78, 5) is 13.5. The molecule has 0 aromatic heterocycles. The van der Waals surface area contributed by atoms with Crippen molar-refractivity contribution in [3.63, 3.8) is 0 Å². The van der Waals surface area contributed by atoms with Gasteiger partial charge in [-0.15, -0.1) is 0 Å². The fourth-order valence-corrected chi connectivity index (χ4v) is 1.77. The molecule has 1 fully saturated rings. The third-order valence-electron chi connectivity index (χ3n) is 2.65. The van der Waals surface area contributed by atoms with Crippen LogP contribution in [0.5, 0.6) is 0 Å². The maximum atomic E-state index is 11.6. The van der Waals surface area contributed by atoms with Crippen LogP contribution in [0.3, 0.4) is 0 Å². The number of carbonyl (C=O) groups is 1. The number of carbonyl (C=O) groups excluding carboxylic acids is 1. The molecule has 1 saturated carbocycles. The Hall–Kier alpha value is -0.790. The van der Waals surface area contributed by atoms with E-state index in [1.165, 1.54) is 18.4 Å². The van der Waals surface area contributed by atoms with Gasteiger partial charge in [0.25, 0.3) is 0 Å². The zero-order valence-electron chi connectivity index (χ0n) is 8.68. The molecule has 0 radical (unpaired) electrons. The summed E-state index contributed by atoms with van der Waals surface area (Å²) in [7, 11) is 0. The molecule has 0 N–H and O–H groups in total. The van der Waals surface area contributed by atoms with Crippen LogP contribution in [0.15, 0.2) is 11.6 Å². The van der Waals surface area contributed by atoms with Crippen molar-refractivity contribution >= 4 is 5.91 Å². The van der Waals surface area contributed by atoms with Gasteiger partial charge in [0, 0.05) is 19.2 Å². The van der Waals surface area contributed by atoms with Gasteiger partial charge in [0.1, 0.15) is 0 Å². The summed E-state index contributed by atoms with van der Waals surface area (Å²) in [6.07, 6.45) is 6.63. The lowest BCUT2D eigenvalue weighted by molar-refractivity contribution is -0.125. The number of likely N-dealkylation sites (N-methyl/N-ethyl adjacent to an activating group) is 1. The zero-order valence-corrected chi connectivity index (χ0v) is 8.68. The van der Waals surface area contributed by atoms with Gasteiger partial charge in [0.2, 0.25) is 5.91 Å². The zero-order chi connectivity index (χ0) is 9.68. The molecule has 1 aliphatic carbocycles. The van der Waals surface area contributed by atoms with Crippen molar-refractivity contribution in [1.82, 2.24) is 4.90 Å². The van der Waals surface area contributed by atoms with Crippen molar-refractivity contribution in [3.8, 4) is 0 Å². The van der Waals surface area contributed by atoms with Gasteiger partial charge in [0.05, 0.1) is 0 Å². The van der Waals surface area contributed by atoms with Gasteiger partial charge in [0.15, 0.2) is 0 Å². The normalized spacial score (nSPS) is 16.0. The molecule has 0 saturated heterocycles. The minimum Gasteiger partial charge on any atom is -0.340 e. The highest BCUT2D eigenvalue weighted by atomic mass is 16.2. The second kappa shape index (κ2) is 5.05. The van der Waals surface area contributed by atoms with Crippen molar-refractivity contribution in [2.45, 2.75) is 39.5 Å². The first-order chi connectivity index (χ1) is 6.27. The first-order valence-corrected chi connectivity index (χ1v) is 5.26. The molecule has 0 aromatic rings. The van der Waals surface area contributed by atoms with Crippen LogP contribution in [0.2, 0.25) is 0 Å². The van der Waals surface area contributed by atoms with Crippen LogP contribution in [-0.4, -0.2) is 23.9 Å². The van der Waals surface area contributed by atoms with Crippen molar-refractivity contribution < 1.29 is 4.79 Å². The maximum absolute atomic E-state index is 11.6. The standard InChI is InChI=1S/C11H19NO/c1-3-12(4-2)11(13)9-10-7-5-6-8-10/h9H,3-8H2,1-2H3. The molecule has 74 valence electrons. The summed E-state index contributed by atoms with van der Waals surface area (Å²) in [5, 5.41) is 0. The molecular formula is C11H19NO. The molecule has 0 atom stereocenters. The average molecular weight is 181 g/mol. The van der Waals surface area contributed by atoms with Gasteiger partial charge in [-0.3, -0.25) is 4.79 Å². The molecule has 0 aliphatic heterocycles. The second-order valence-corrected chi connectivity index (χ2v) is 3.52. The lowest BCUT2D eigenvalue weighted by Gasteiger charge is -2.16. The molecule has 13 heavy (non-hydrogen) atoms.